The Hall–Kier alpha value is -1.26. The smallest absolute Gasteiger partial charge is 0.292 e. The van der Waals surface area contributed by atoms with Crippen LogP contribution in [0.4, 0.5) is 0 Å². The molecule has 0 spiro atoms. The van der Waals surface area contributed by atoms with Gasteiger partial charge in [0.05, 0.1) is 10.0 Å². The van der Waals surface area contributed by atoms with Crippen LogP contribution in [0.15, 0.2) is 23.0 Å². The predicted molar refractivity (Wildman–Crippen MR) is 72.8 cm³/mol. The van der Waals surface area contributed by atoms with Crippen molar-refractivity contribution in [1.29, 1.82) is 0 Å². The van der Waals surface area contributed by atoms with E-state index in [1.807, 2.05) is 0 Å². The van der Waals surface area contributed by atoms with Crippen LogP contribution in [0.1, 0.15) is 25.6 Å². The highest BCUT2D eigenvalue weighted by molar-refractivity contribution is 6.37. The van der Waals surface area contributed by atoms with Crippen molar-refractivity contribution in [3.63, 3.8) is 0 Å². The van der Waals surface area contributed by atoms with Crippen molar-refractivity contribution in [2.75, 3.05) is 0 Å². The molecule has 0 aliphatic rings. The minimum absolute atomic E-state index is 0.323. The summed E-state index contributed by atoms with van der Waals surface area (Å²) < 4.78 is 1.22. The van der Waals surface area contributed by atoms with Crippen LogP contribution < -0.4 is 5.69 Å². The van der Waals surface area contributed by atoms with Gasteiger partial charge in [-0.3, -0.25) is 4.98 Å². The fraction of sp³-hybridized carbons (Fsp3) is 0.333. The molecule has 0 unspecified atom stereocenters. The van der Waals surface area contributed by atoms with Gasteiger partial charge in [-0.2, -0.15) is 9.78 Å². The first-order valence-corrected chi connectivity index (χ1v) is 6.51. The third-order valence-electron chi connectivity index (χ3n) is 2.58. The Morgan fingerprint density at radius 1 is 1.33 bits per heavy atom. The largest absolute Gasteiger partial charge is 0.348 e. The van der Waals surface area contributed by atoms with Crippen LogP contribution in [0.25, 0.3) is 5.69 Å². The average Bonchev–Trinajstić information content (AvgIpc) is 2.68. The summed E-state index contributed by atoms with van der Waals surface area (Å²) in [6.07, 6.45) is 2.76. The minimum Gasteiger partial charge on any atom is -0.292 e. The lowest BCUT2D eigenvalue weighted by molar-refractivity contribution is 0.740. The van der Waals surface area contributed by atoms with E-state index in [9.17, 15) is 4.79 Å². The quantitative estimate of drug-likeness (QED) is 0.938. The van der Waals surface area contributed by atoms with Crippen molar-refractivity contribution >= 4 is 23.2 Å². The minimum atomic E-state index is -0.323. The summed E-state index contributed by atoms with van der Waals surface area (Å²) in [5, 5.41) is 5.02. The molecule has 0 aliphatic carbocycles. The van der Waals surface area contributed by atoms with E-state index in [2.05, 4.69) is 17.0 Å². The lowest BCUT2D eigenvalue weighted by Gasteiger charge is -2.04. The van der Waals surface area contributed by atoms with Crippen molar-refractivity contribution < 1.29 is 0 Å². The molecule has 0 fully saturated rings. The topological polar surface area (TPSA) is 50.7 Å². The fourth-order valence-corrected chi connectivity index (χ4v) is 2.22. The zero-order valence-electron chi connectivity index (χ0n) is 9.91. The van der Waals surface area contributed by atoms with Gasteiger partial charge >= 0.3 is 5.69 Å². The fourth-order valence-electron chi connectivity index (χ4n) is 1.67. The number of unbranched alkanes of at least 4 members (excludes halogenated alkanes) is 1. The van der Waals surface area contributed by atoms with Crippen LogP contribution in [0.2, 0.25) is 10.0 Å². The van der Waals surface area contributed by atoms with E-state index in [4.69, 9.17) is 23.2 Å². The SMILES string of the molecule is CCCCc1nn(-c2c(Cl)cccc2Cl)c(=O)[nH]1. The molecule has 2 rings (SSSR count). The molecule has 1 heterocycles. The number of aryl methyl sites for hydroxylation is 1. The van der Waals surface area contributed by atoms with Crippen LogP contribution in [0.5, 0.6) is 0 Å². The monoisotopic (exact) mass is 285 g/mol. The van der Waals surface area contributed by atoms with Gasteiger partial charge in [0.1, 0.15) is 11.5 Å². The molecule has 1 aromatic carbocycles. The Balaban J connectivity index is 2.45. The molecule has 0 amide bonds. The number of halogens is 2. The molecule has 4 nitrogen and oxygen atoms in total. The van der Waals surface area contributed by atoms with Crippen molar-refractivity contribution in [2.24, 2.45) is 0 Å². The number of benzene rings is 1. The van der Waals surface area contributed by atoms with Crippen molar-refractivity contribution in [3.05, 3.63) is 44.6 Å². The van der Waals surface area contributed by atoms with E-state index in [-0.39, 0.29) is 5.69 Å². The van der Waals surface area contributed by atoms with Crippen molar-refractivity contribution in [3.8, 4) is 5.69 Å². The van der Waals surface area contributed by atoms with E-state index in [1.165, 1.54) is 4.68 Å². The molecule has 0 atom stereocenters. The molecule has 0 aliphatic heterocycles. The van der Waals surface area contributed by atoms with E-state index in [0.29, 0.717) is 21.6 Å². The molecule has 2 aromatic rings. The van der Waals surface area contributed by atoms with Gasteiger partial charge in [0.15, 0.2) is 0 Å². The Morgan fingerprint density at radius 3 is 2.61 bits per heavy atom. The molecule has 0 saturated carbocycles. The summed E-state index contributed by atoms with van der Waals surface area (Å²) in [5.41, 5.74) is 0.0981. The summed E-state index contributed by atoms with van der Waals surface area (Å²) in [5.74, 6) is 0.651. The zero-order valence-corrected chi connectivity index (χ0v) is 11.4. The number of H-pyrrole nitrogens is 1. The van der Waals surface area contributed by atoms with E-state index >= 15 is 0 Å². The number of aromatic amines is 1. The standard InChI is InChI=1S/C12H13Cl2N3O/c1-2-3-7-10-15-12(18)17(16-10)11-8(13)5-4-6-9(11)14/h4-6H,2-3,7H2,1H3,(H,15,16,18). The third-order valence-corrected chi connectivity index (χ3v) is 3.19. The maximum absolute atomic E-state index is 11.8. The van der Waals surface area contributed by atoms with E-state index < -0.39 is 0 Å². The van der Waals surface area contributed by atoms with E-state index in [0.717, 1.165) is 19.3 Å². The predicted octanol–water partition coefficient (Wildman–Crippen LogP) is 3.21. The summed E-state index contributed by atoms with van der Waals surface area (Å²) in [4.78, 5) is 14.5. The third kappa shape index (κ3) is 2.60. The average molecular weight is 286 g/mol. The lowest BCUT2D eigenvalue weighted by Crippen LogP contribution is -2.16. The van der Waals surface area contributed by atoms with Gasteiger partial charge in [0.25, 0.3) is 0 Å². The van der Waals surface area contributed by atoms with Crippen molar-refractivity contribution in [1.82, 2.24) is 14.8 Å². The zero-order chi connectivity index (χ0) is 13.1. The van der Waals surface area contributed by atoms with Gasteiger partial charge in [-0.05, 0) is 18.6 Å². The molecule has 18 heavy (non-hydrogen) atoms. The number of para-hydroxylation sites is 1. The highest BCUT2D eigenvalue weighted by atomic mass is 35.5. The molecule has 6 heteroatoms. The molecular weight excluding hydrogens is 273 g/mol. The first-order valence-electron chi connectivity index (χ1n) is 5.76. The molecule has 0 saturated heterocycles. The van der Waals surface area contributed by atoms with Crippen molar-refractivity contribution in [2.45, 2.75) is 26.2 Å². The first kappa shape index (κ1) is 13.2. The Morgan fingerprint density at radius 2 is 2.00 bits per heavy atom. The van der Waals surface area contributed by atoms with E-state index in [1.54, 1.807) is 18.2 Å². The maximum atomic E-state index is 11.8. The summed E-state index contributed by atoms with van der Waals surface area (Å²) in [7, 11) is 0. The second-order valence-corrected chi connectivity index (χ2v) is 4.78. The summed E-state index contributed by atoms with van der Waals surface area (Å²) in [6, 6.07) is 5.08. The molecule has 0 radical (unpaired) electrons. The van der Waals surface area contributed by atoms with Crippen LogP contribution in [-0.4, -0.2) is 14.8 Å². The molecule has 0 bridgehead atoms. The second kappa shape index (κ2) is 5.59. The number of nitrogens with zero attached hydrogens (tertiary/aromatic N) is 2. The highest BCUT2D eigenvalue weighted by Crippen LogP contribution is 2.26. The Labute approximate surface area is 115 Å². The van der Waals surface area contributed by atoms with Gasteiger partial charge in [-0.1, -0.05) is 42.6 Å². The number of rotatable bonds is 4. The van der Waals surface area contributed by atoms with Crippen LogP contribution in [0, 0.1) is 0 Å². The normalized spacial score (nSPS) is 10.8. The summed E-state index contributed by atoms with van der Waals surface area (Å²) in [6.45, 7) is 2.08. The Kier molecular flexibility index (Phi) is 4.09. The molecule has 1 N–H and O–H groups in total. The van der Waals surface area contributed by atoms with Crippen LogP contribution in [-0.2, 0) is 6.42 Å². The maximum Gasteiger partial charge on any atom is 0.348 e. The van der Waals surface area contributed by atoms with Gasteiger partial charge in [-0.25, -0.2) is 4.79 Å². The summed E-state index contributed by atoms with van der Waals surface area (Å²) >= 11 is 12.1. The molecular formula is C12H13Cl2N3O. The van der Waals surface area contributed by atoms with Gasteiger partial charge < -0.3 is 0 Å². The highest BCUT2D eigenvalue weighted by Gasteiger charge is 2.13. The van der Waals surface area contributed by atoms with Crippen LogP contribution >= 0.6 is 23.2 Å². The molecule has 96 valence electrons. The number of nitrogens with one attached hydrogen (secondary N) is 1. The Bertz CT molecular complexity index is 583. The van der Waals surface area contributed by atoms with Crippen LogP contribution in [0.3, 0.4) is 0 Å². The van der Waals surface area contributed by atoms with Gasteiger partial charge in [0.2, 0.25) is 0 Å². The number of aromatic nitrogens is 3. The number of hydrogen-bond donors (Lipinski definition) is 1. The van der Waals surface area contributed by atoms with Gasteiger partial charge in [-0.15, -0.1) is 0 Å². The first-order chi connectivity index (χ1) is 8.63. The van der Waals surface area contributed by atoms with Gasteiger partial charge in [0, 0.05) is 6.42 Å². The lowest BCUT2D eigenvalue weighted by atomic mass is 10.2. The molecule has 1 aromatic heterocycles. The number of hydrogen-bond acceptors (Lipinski definition) is 2. The second-order valence-electron chi connectivity index (χ2n) is 3.96.